The Kier molecular flexibility index (Phi) is 6.08. The monoisotopic (exact) mass is 499 g/mol. The molecule has 0 saturated heterocycles. The van der Waals surface area contributed by atoms with Crippen LogP contribution in [0.4, 0.5) is 14.5 Å². The van der Waals surface area contributed by atoms with E-state index >= 15 is 0 Å². The Bertz CT molecular complexity index is 1360. The number of fused-ring (bicyclic) bond motifs is 1. The van der Waals surface area contributed by atoms with Crippen molar-refractivity contribution in [3.8, 4) is 16.9 Å². The highest BCUT2D eigenvalue weighted by molar-refractivity contribution is 6.20. The number of hydrogen-bond acceptors (Lipinski definition) is 6. The summed E-state index contributed by atoms with van der Waals surface area (Å²) in [5.74, 6) is -0.240. The molecule has 2 heterocycles. The van der Waals surface area contributed by atoms with Crippen molar-refractivity contribution in [1.82, 2.24) is 19.5 Å². The van der Waals surface area contributed by atoms with Gasteiger partial charge in [-0.05, 0) is 49.2 Å². The van der Waals surface area contributed by atoms with E-state index in [1.807, 2.05) is 4.57 Å². The van der Waals surface area contributed by atoms with Gasteiger partial charge in [-0.2, -0.15) is 0 Å². The highest BCUT2D eigenvalue weighted by Gasteiger charge is 2.41. The first-order valence-electron chi connectivity index (χ1n) is 10.8. The van der Waals surface area contributed by atoms with Crippen molar-refractivity contribution >= 4 is 34.2 Å². The van der Waals surface area contributed by atoms with Crippen LogP contribution in [-0.2, 0) is 6.54 Å². The van der Waals surface area contributed by atoms with Gasteiger partial charge in [0.2, 0.25) is 5.56 Å². The van der Waals surface area contributed by atoms with Crippen molar-refractivity contribution in [2.24, 2.45) is 0 Å². The highest BCUT2D eigenvalue weighted by atomic mass is 35.5. The van der Waals surface area contributed by atoms with E-state index in [0.29, 0.717) is 34.4 Å². The predicted octanol–water partition coefficient (Wildman–Crippen LogP) is 4.48. The van der Waals surface area contributed by atoms with Gasteiger partial charge < -0.3 is 19.7 Å². The van der Waals surface area contributed by atoms with Gasteiger partial charge in [-0.25, -0.2) is 23.7 Å². The lowest BCUT2D eigenvalue weighted by Gasteiger charge is -2.14. The fourth-order valence-corrected chi connectivity index (χ4v) is 3.84. The van der Waals surface area contributed by atoms with Crippen LogP contribution in [-0.4, -0.2) is 48.1 Å². The largest absolute Gasteiger partial charge is 0.469 e. The van der Waals surface area contributed by atoms with Crippen molar-refractivity contribution in [2.75, 3.05) is 5.32 Å². The van der Waals surface area contributed by atoms with Gasteiger partial charge in [0, 0.05) is 34.8 Å². The Labute approximate surface area is 203 Å². The van der Waals surface area contributed by atoms with Crippen LogP contribution in [0.1, 0.15) is 23.2 Å². The predicted molar refractivity (Wildman–Crippen MR) is 126 cm³/mol. The Balaban J connectivity index is 1.44. The van der Waals surface area contributed by atoms with Crippen LogP contribution in [0.25, 0.3) is 22.2 Å². The molecule has 2 aromatic carbocycles. The molecule has 180 valence electrons. The van der Waals surface area contributed by atoms with Crippen molar-refractivity contribution in [1.29, 1.82) is 0 Å². The molecule has 0 aliphatic heterocycles. The summed E-state index contributed by atoms with van der Waals surface area (Å²) in [4.78, 5) is 25.7. The van der Waals surface area contributed by atoms with Crippen LogP contribution in [0.5, 0.6) is 5.75 Å². The van der Waals surface area contributed by atoms with E-state index in [4.69, 9.17) is 16.3 Å². The molecule has 0 radical (unpaired) electrons. The lowest BCUT2D eigenvalue weighted by atomic mass is 10.0. The number of aliphatic hydroxyl groups is 1. The molecule has 8 nitrogen and oxygen atoms in total. The van der Waals surface area contributed by atoms with Gasteiger partial charge in [0.05, 0.1) is 29.5 Å². The highest BCUT2D eigenvalue weighted by Crippen LogP contribution is 2.38. The number of aromatic nitrogens is 4. The normalized spacial score (nSPS) is 15.2. The molecular formula is C24H20ClF2N5O3. The van der Waals surface area contributed by atoms with Crippen LogP contribution < -0.4 is 10.1 Å². The number of rotatable bonds is 8. The standard InChI is InChI=1S/C24H20ClF2N5O3/c25-21(22(26)27)35-17-3-1-16(2-4-17)31-23(33)14-7-18(15-9-28-12-29-10-15)20-19(8-14)30-13-32(20)11-24(34)5-6-24/h1-4,7-10,12-13,21-22,34H,5-6,11H2,(H,31,33). The maximum absolute atomic E-state index is 13.1. The molecule has 2 aromatic heterocycles. The average molecular weight is 500 g/mol. The minimum Gasteiger partial charge on any atom is -0.469 e. The third-order valence-electron chi connectivity index (χ3n) is 5.70. The summed E-state index contributed by atoms with van der Waals surface area (Å²) in [5.41, 5.74) is 1.07. The number of imidazole rings is 1. The molecule has 1 aliphatic rings. The van der Waals surface area contributed by atoms with E-state index in [1.165, 1.54) is 30.6 Å². The number of amides is 1. The van der Waals surface area contributed by atoms with E-state index in [2.05, 4.69) is 20.3 Å². The van der Waals surface area contributed by atoms with Crippen LogP contribution in [0.15, 0.2) is 61.4 Å². The number of ether oxygens (including phenoxy) is 1. The lowest BCUT2D eigenvalue weighted by Crippen LogP contribution is -2.18. The number of alkyl halides is 3. The number of nitrogens with zero attached hydrogens (tertiary/aromatic N) is 4. The van der Waals surface area contributed by atoms with Crippen LogP contribution in [0, 0.1) is 0 Å². The van der Waals surface area contributed by atoms with E-state index in [-0.39, 0.29) is 5.75 Å². The zero-order chi connectivity index (χ0) is 24.6. The van der Waals surface area contributed by atoms with Gasteiger partial charge in [0.15, 0.2) is 0 Å². The molecule has 0 spiro atoms. The third kappa shape index (κ3) is 5.08. The molecule has 1 unspecified atom stereocenters. The smallest absolute Gasteiger partial charge is 0.288 e. The first-order valence-corrected chi connectivity index (χ1v) is 11.2. The first kappa shape index (κ1) is 23.1. The molecule has 1 fully saturated rings. The van der Waals surface area contributed by atoms with Gasteiger partial charge in [-0.3, -0.25) is 4.79 Å². The van der Waals surface area contributed by atoms with Crippen molar-refractivity contribution in [3.05, 3.63) is 67.0 Å². The Morgan fingerprint density at radius 1 is 1.20 bits per heavy atom. The Hall–Kier alpha value is -3.63. The summed E-state index contributed by atoms with van der Waals surface area (Å²) in [6.45, 7) is 0.402. The van der Waals surface area contributed by atoms with Gasteiger partial charge in [-0.15, -0.1) is 0 Å². The second kappa shape index (κ2) is 9.20. The van der Waals surface area contributed by atoms with Crippen molar-refractivity contribution in [3.63, 3.8) is 0 Å². The topological polar surface area (TPSA) is 102 Å². The first-order chi connectivity index (χ1) is 16.8. The number of hydrogen-bond donors (Lipinski definition) is 2. The summed E-state index contributed by atoms with van der Waals surface area (Å²) in [5, 5.41) is 13.2. The molecule has 2 N–H and O–H groups in total. The van der Waals surface area contributed by atoms with E-state index in [9.17, 15) is 18.7 Å². The number of carbonyl (C=O) groups is 1. The number of benzene rings is 2. The van der Waals surface area contributed by atoms with Crippen molar-refractivity contribution < 1.29 is 23.4 Å². The quantitative estimate of drug-likeness (QED) is 0.347. The molecular weight excluding hydrogens is 480 g/mol. The summed E-state index contributed by atoms with van der Waals surface area (Å²) < 4.78 is 31.9. The maximum atomic E-state index is 13.1. The summed E-state index contributed by atoms with van der Waals surface area (Å²) in [6, 6.07) is 9.32. The molecule has 1 aliphatic carbocycles. The minimum atomic E-state index is -2.83. The molecule has 5 rings (SSSR count). The van der Waals surface area contributed by atoms with E-state index in [1.54, 1.807) is 30.9 Å². The van der Waals surface area contributed by atoms with Crippen molar-refractivity contribution in [2.45, 2.75) is 37.0 Å². The zero-order valence-electron chi connectivity index (χ0n) is 18.2. The number of carbonyl (C=O) groups excluding carboxylic acids is 1. The molecule has 0 bridgehead atoms. The Morgan fingerprint density at radius 3 is 2.57 bits per heavy atom. The third-order valence-corrected chi connectivity index (χ3v) is 5.98. The van der Waals surface area contributed by atoms with Crippen LogP contribution in [0.2, 0.25) is 0 Å². The van der Waals surface area contributed by atoms with Gasteiger partial charge in [-0.1, -0.05) is 11.6 Å². The molecule has 1 amide bonds. The zero-order valence-corrected chi connectivity index (χ0v) is 19.0. The molecule has 35 heavy (non-hydrogen) atoms. The fraction of sp³-hybridized carbons (Fsp3) is 0.250. The fourth-order valence-electron chi connectivity index (χ4n) is 3.74. The number of halogens is 3. The summed E-state index contributed by atoms with van der Waals surface area (Å²) in [6.07, 6.45) is 5.00. The molecule has 4 aromatic rings. The maximum Gasteiger partial charge on any atom is 0.288 e. The van der Waals surface area contributed by atoms with Crippen LogP contribution in [0.3, 0.4) is 0 Å². The minimum absolute atomic E-state index is 0.152. The van der Waals surface area contributed by atoms with E-state index < -0.39 is 23.5 Å². The SMILES string of the molecule is O=C(Nc1ccc(OC(Cl)C(F)F)cc1)c1cc(-c2cncnc2)c2c(c1)ncn2CC1(O)CC1. The second-order valence-electron chi connectivity index (χ2n) is 8.40. The van der Waals surface area contributed by atoms with E-state index in [0.717, 1.165) is 18.4 Å². The van der Waals surface area contributed by atoms with Gasteiger partial charge >= 0.3 is 0 Å². The van der Waals surface area contributed by atoms with Gasteiger partial charge in [0.1, 0.15) is 12.1 Å². The summed E-state index contributed by atoms with van der Waals surface area (Å²) in [7, 11) is 0. The lowest BCUT2D eigenvalue weighted by molar-refractivity contribution is 0.0573. The Morgan fingerprint density at radius 2 is 1.91 bits per heavy atom. The van der Waals surface area contributed by atoms with Crippen LogP contribution >= 0.6 is 11.6 Å². The molecule has 11 heteroatoms. The average Bonchev–Trinajstić information content (AvgIpc) is 3.45. The molecule has 1 saturated carbocycles. The molecule has 1 atom stereocenters. The van der Waals surface area contributed by atoms with Gasteiger partial charge in [0.25, 0.3) is 12.3 Å². The number of nitrogens with one attached hydrogen (secondary N) is 1. The second-order valence-corrected chi connectivity index (χ2v) is 8.83. The summed E-state index contributed by atoms with van der Waals surface area (Å²) >= 11 is 5.44. The number of anilines is 1.